The lowest BCUT2D eigenvalue weighted by molar-refractivity contribution is -0.274. The van der Waals surface area contributed by atoms with Gasteiger partial charge in [-0.3, -0.25) is 4.79 Å². The van der Waals surface area contributed by atoms with Crippen molar-refractivity contribution in [1.29, 1.82) is 0 Å². The largest absolute Gasteiger partial charge is 0.573 e. The number of rotatable bonds is 16. The van der Waals surface area contributed by atoms with Gasteiger partial charge in [0.25, 0.3) is 0 Å². The number of benzene rings is 2. The summed E-state index contributed by atoms with van der Waals surface area (Å²) in [6.45, 7) is 8.32. The van der Waals surface area contributed by atoms with Gasteiger partial charge in [0, 0.05) is 47.0 Å². The third-order valence-corrected chi connectivity index (χ3v) is 7.97. The monoisotopic (exact) mass is 686 g/mol. The smallest absolute Gasteiger partial charge is 0.497 e. The van der Waals surface area contributed by atoms with Crippen molar-refractivity contribution in [2.45, 2.75) is 90.1 Å². The highest BCUT2D eigenvalue weighted by atomic mass is 19.4. The van der Waals surface area contributed by atoms with Crippen LogP contribution in [-0.2, 0) is 9.53 Å². The quantitative estimate of drug-likeness (QED) is 0.0686. The van der Waals surface area contributed by atoms with Crippen LogP contribution in [0.5, 0.6) is 17.2 Å². The van der Waals surface area contributed by atoms with Crippen molar-refractivity contribution >= 4 is 16.9 Å². The maximum Gasteiger partial charge on any atom is 0.573 e. The number of esters is 1. The van der Waals surface area contributed by atoms with E-state index in [4.69, 9.17) is 30.1 Å². The highest BCUT2D eigenvalue weighted by Gasteiger charge is 2.48. The Labute approximate surface area is 275 Å². The van der Waals surface area contributed by atoms with Gasteiger partial charge in [-0.15, -0.1) is 13.2 Å². The van der Waals surface area contributed by atoms with Crippen LogP contribution in [0.2, 0.25) is 0 Å². The molecule has 1 unspecified atom stereocenters. The van der Waals surface area contributed by atoms with Crippen LogP contribution in [0, 0.1) is 5.41 Å². The molecule has 48 heavy (non-hydrogen) atoms. The second-order valence-electron chi connectivity index (χ2n) is 13.3. The Morgan fingerprint density at radius 3 is 2.04 bits per heavy atom. The Kier molecular flexibility index (Phi) is 11.8. The summed E-state index contributed by atoms with van der Waals surface area (Å²) in [5, 5.41) is 0.375. The molecule has 0 saturated carbocycles. The SMILES string of the molecule is COc1ccc(-c2cc3ccc(OCCCC(F)(F)CCCOC(=O)C(C)(CC(C)(C)N)C(C)(C)N)cc3oc2=O)c(OC(F)(F)F)c1. The molecule has 266 valence electrons. The van der Waals surface area contributed by atoms with Crippen molar-refractivity contribution in [3.63, 3.8) is 0 Å². The average molecular weight is 687 g/mol. The van der Waals surface area contributed by atoms with Crippen LogP contribution in [0.3, 0.4) is 0 Å². The molecule has 1 heterocycles. The third-order valence-electron chi connectivity index (χ3n) is 7.97. The number of nitrogens with two attached hydrogens (primary N) is 2. The molecule has 0 aliphatic heterocycles. The van der Waals surface area contributed by atoms with Crippen LogP contribution >= 0.6 is 0 Å². The minimum Gasteiger partial charge on any atom is -0.497 e. The molecule has 1 aromatic heterocycles. The summed E-state index contributed by atoms with van der Waals surface area (Å²) in [7, 11) is 1.27. The lowest BCUT2D eigenvalue weighted by Crippen LogP contribution is -2.58. The van der Waals surface area contributed by atoms with Crippen LogP contribution in [0.1, 0.15) is 66.7 Å². The lowest BCUT2D eigenvalue weighted by Gasteiger charge is -2.42. The third kappa shape index (κ3) is 10.5. The molecule has 0 aliphatic rings. The van der Waals surface area contributed by atoms with E-state index in [0.717, 1.165) is 6.07 Å². The van der Waals surface area contributed by atoms with Crippen molar-refractivity contribution < 1.29 is 50.1 Å². The highest BCUT2D eigenvalue weighted by molar-refractivity contribution is 5.84. The molecule has 3 aromatic rings. The summed E-state index contributed by atoms with van der Waals surface area (Å²) >= 11 is 0. The van der Waals surface area contributed by atoms with Crippen LogP contribution in [-0.4, -0.2) is 49.7 Å². The standard InChI is InChI=1S/C34H43F5N2O7/c1-30(2,40)20-32(5,31(3,4)41)29(43)46-16-8-14-33(35,36)13-7-15-45-23-10-9-21-17-25(28(42)47-26(21)19-23)24-12-11-22(44-6)18-27(24)48-34(37,38)39/h9-12,17-19H,7-8,13-16,20,40-41H2,1-6H3. The van der Waals surface area contributed by atoms with Gasteiger partial charge in [-0.05, 0) is 84.2 Å². The van der Waals surface area contributed by atoms with Crippen LogP contribution in [0.4, 0.5) is 22.0 Å². The summed E-state index contributed by atoms with van der Waals surface area (Å²) in [5.74, 6) is -3.93. The molecule has 0 saturated heterocycles. The lowest BCUT2D eigenvalue weighted by atomic mass is 9.67. The fourth-order valence-corrected chi connectivity index (χ4v) is 5.21. The molecule has 0 radical (unpaired) electrons. The van der Waals surface area contributed by atoms with Gasteiger partial charge in [-0.1, -0.05) is 0 Å². The molecule has 0 aliphatic carbocycles. The van der Waals surface area contributed by atoms with Crippen molar-refractivity contribution in [2.75, 3.05) is 20.3 Å². The van der Waals surface area contributed by atoms with E-state index < -0.39 is 59.0 Å². The summed E-state index contributed by atoms with van der Waals surface area (Å²) in [6, 6.07) is 9.40. The first-order valence-corrected chi connectivity index (χ1v) is 15.3. The molecule has 2 aromatic carbocycles. The number of halogens is 5. The molecule has 9 nitrogen and oxygen atoms in total. The normalized spacial score (nSPS) is 14.0. The minimum atomic E-state index is -5.02. The zero-order chi connectivity index (χ0) is 36.1. The predicted octanol–water partition coefficient (Wildman–Crippen LogP) is 7.36. The van der Waals surface area contributed by atoms with E-state index in [0.29, 0.717) is 5.39 Å². The number of methoxy groups -OCH3 is 1. The topological polar surface area (TPSA) is 136 Å². The summed E-state index contributed by atoms with van der Waals surface area (Å²) in [5.41, 5.74) is 8.41. The predicted molar refractivity (Wildman–Crippen MR) is 170 cm³/mol. The van der Waals surface area contributed by atoms with Crippen LogP contribution < -0.4 is 31.3 Å². The van der Waals surface area contributed by atoms with Crippen molar-refractivity contribution in [3.8, 4) is 28.4 Å². The molecular formula is C34H43F5N2O7. The van der Waals surface area contributed by atoms with E-state index in [9.17, 15) is 31.5 Å². The van der Waals surface area contributed by atoms with Gasteiger partial charge >= 0.3 is 18.0 Å². The number of fused-ring (bicyclic) bond motifs is 1. The summed E-state index contributed by atoms with van der Waals surface area (Å²) in [6.07, 6.45) is -5.81. The van der Waals surface area contributed by atoms with Gasteiger partial charge < -0.3 is 34.8 Å². The van der Waals surface area contributed by atoms with Crippen molar-refractivity contribution in [2.24, 2.45) is 16.9 Å². The molecule has 0 bridgehead atoms. The molecule has 0 amide bonds. The van der Waals surface area contributed by atoms with Crippen LogP contribution in [0.15, 0.2) is 51.7 Å². The number of carbonyl (C=O) groups excluding carboxylic acids is 1. The van der Waals surface area contributed by atoms with E-state index in [2.05, 4.69) is 4.74 Å². The Morgan fingerprint density at radius 1 is 0.833 bits per heavy atom. The molecule has 0 fully saturated rings. The molecule has 1 atom stereocenters. The van der Waals surface area contributed by atoms with Gasteiger partial charge in [0.2, 0.25) is 5.92 Å². The van der Waals surface area contributed by atoms with Crippen LogP contribution in [0.25, 0.3) is 22.1 Å². The van der Waals surface area contributed by atoms with Crippen molar-refractivity contribution in [1.82, 2.24) is 0 Å². The van der Waals surface area contributed by atoms with Gasteiger partial charge in [0.15, 0.2) is 0 Å². The molecular weight excluding hydrogens is 643 g/mol. The zero-order valence-electron chi connectivity index (χ0n) is 27.9. The Bertz CT molecular complexity index is 1630. The van der Waals surface area contributed by atoms with Gasteiger partial charge in [0.1, 0.15) is 22.8 Å². The first-order valence-electron chi connectivity index (χ1n) is 15.3. The number of hydrogen-bond acceptors (Lipinski definition) is 9. The zero-order valence-corrected chi connectivity index (χ0v) is 27.9. The summed E-state index contributed by atoms with van der Waals surface area (Å²) in [4.78, 5) is 25.7. The number of carbonyl (C=O) groups is 1. The van der Waals surface area contributed by atoms with Gasteiger partial charge in [0.05, 0.1) is 31.3 Å². The van der Waals surface area contributed by atoms with E-state index >= 15 is 0 Å². The highest BCUT2D eigenvalue weighted by Crippen LogP contribution is 2.39. The average Bonchev–Trinajstić information content (AvgIpc) is 2.95. The second-order valence-corrected chi connectivity index (χ2v) is 13.3. The number of ether oxygens (including phenoxy) is 4. The van der Waals surface area contributed by atoms with E-state index in [1.54, 1.807) is 34.6 Å². The Hall–Kier alpha value is -3.91. The van der Waals surface area contributed by atoms with Gasteiger partial charge in [-0.2, -0.15) is 0 Å². The Balaban J connectivity index is 1.56. The molecule has 14 heteroatoms. The molecule has 4 N–H and O–H groups in total. The first-order chi connectivity index (χ1) is 22.0. The second kappa shape index (κ2) is 14.7. The minimum absolute atomic E-state index is 0.00181. The molecule has 3 rings (SSSR count). The van der Waals surface area contributed by atoms with E-state index in [1.165, 1.54) is 43.5 Å². The summed E-state index contributed by atoms with van der Waals surface area (Å²) < 4.78 is 93.5. The van der Waals surface area contributed by atoms with Gasteiger partial charge in [-0.25, -0.2) is 13.6 Å². The maximum atomic E-state index is 14.6. The first kappa shape index (κ1) is 38.5. The number of alkyl halides is 5. The van der Waals surface area contributed by atoms with Crippen molar-refractivity contribution in [3.05, 3.63) is 52.9 Å². The molecule has 0 spiro atoms. The fourth-order valence-electron chi connectivity index (χ4n) is 5.21. The Morgan fingerprint density at radius 2 is 1.46 bits per heavy atom. The van der Waals surface area contributed by atoms with E-state index in [1.807, 2.05) is 0 Å². The number of hydrogen-bond donors (Lipinski definition) is 2. The van der Waals surface area contributed by atoms with E-state index in [-0.39, 0.29) is 60.7 Å². The maximum absolute atomic E-state index is 14.6. The fraction of sp³-hybridized carbons (Fsp3) is 0.529.